The molecule has 0 spiro atoms. The summed E-state index contributed by atoms with van der Waals surface area (Å²) >= 11 is 0. The molecule has 2 N–H and O–H groups in total. The SMILES string of the molecule is N#CCc1ncc(C(F)F)cc1N. The number of alkyl halides is 2. The number of aromatic nitrogens is 1. The predicted molar refractivity (Wildman–Crippen MR) is 42.9 cm³/mol. The Kier molecular flexibility index (Phi) is 2.75. The van der Waals surface area contributed by atoms with Crippen LogP contribution in [-0.2, 0) is 6.42 Å². The molecule has 0 aliphatic rings. The van der Waals surface area contributed by atoms with Gasteiger partial charge in [0.25, 0.3) is 6.43 Å². The molecule has 1 rings (SSSR count). The molecule has 0 saturated carbocycles. The van der Waals surface area contributed by atoms with Crippen LogP contribution in [0.4, 0.5) is 14.5 Å². The fourth-order valence-electron chi connectivity index (χ4n) is 0.869. The van der Waals surface area contributed by atoms with Crippen molar-refractivity contribution in [2.45, 2.75) is 12.8 Å². The first-order valence-electron chi connectivity index (χ1n) is 3.54. The minimum atomic E-state index is -2.58. The van der Waals surface area contributed by atoms with Gasteiger partial charge in [0.05, 0.1) is 23.9 Å². The molecule has 5 heteroatoms. The molecule has 0 atom stereocenters. The summed E-state index contributed by atoms with van der Waals surface area (Å²) in [6.45, 7) is 0. The van der Waals surface area contributed by atoms with Crippen LogP contribution in [0.5, 0.6) is 0 Å². The Hall–Kier alpha value is -1.70. The number of pyridine rings is 1. The predicted octanol–water partition coefficient (Wildman–Crippen LogP) is 1.67. The van der Waals surface area contributed by atoms with Gasteiger partial charge in [0, 0.05) is 11.8 Å². The molecular formula is C8H7F2N3. The van der Waals surface area contributed by atoms with E-state index < -0.39 is 6.43 Å². The van der Waals surface area contributed by atoms with E-state index in [-0.39, 0.29) is 17.7 Å². The van der Waals surface area contributed by atoms with Crippen LogP contribution < -0.4 is 5.73 Å². The molecule has 0 aliphatic heterocycles. The third kappa shape index (κ3) is 2.12. The fourth-order valence-corrected chi connectivity index (χ4v) is 0.869. The second-order valence-corrected chi connectivity index (χ2v) is 2.44. The van der Waals surface area contributed by atoms with E-state index in [0.29, 0.717) is 5.69 Å². The van der Waals surface area contributed by atoms with E-state index in [2.05, 4.69) is 4.98 Å². The Labute approximate surface area is 73.8 Å². The smallest absolute Gasteiger partial charge is 0.265 e. The standard InChI is InChI=1S/C8H7F2N3/c9-8(10)5-3-6(12)7(1-2-11)13-4-5/h3-4,8H,1,12H2. The van der Waals surface area contributed by atoms with E-state index in [0.717, 1.165) is 12.3 Å². The van der Waals surface area contributed by atoms with E-state index in [1.807, 2.05) is 6.07 Å². The number of rotatable bonds is 2. The van der Waals surface area contributed by atoms with Gasteiger partial charge in [0.1, 0.15) is 0 Å². The summed E-state index contributed by atoms with van der Waals surface area (Å²) in [6.07, 6.45) is -1.51. The average molecular weight is 183 g/mol. The first-order chi connectivity index (χ1) is 6.15. The highest BCUT2D eigenvalue weighted by Gasteiger charge is 2.09. The van der Waals surface area contributed by atoms with Crippen molar-refractivity contribution in [2.75, 3.05) is 5.73 Å². The van der Waals surface area contributed by atoms with E-state index in [9.17, 15) is 8.78 Å². The van der Waals surface area contributed by atoms with Gasteiger partial charge in [-0.05, 0) is 6.07 Å². The minimum absolute atomic E-state index is 0.0371. The molecule has 3 nitrogen and oxygen atoms in total. The van der Waals surface area contributed by atoms with Crippen LogP contribution in [0, 0.1) is 11.3 Å². The van der Waals surface area contributed by atoms with Crippen LogP contribution in [0.1, 0.15) is 17.7 Å². The third-order valence-corrected chi connectivity index (χ3v) is 1.52. The molecule has 0 aromatic carbocycles. The van der Waals surface area contributed by atoms with Crippen molar-refractivity contribution in [3.8, 4) is 6.07 Å². The summed E-state index contributed by atoms with van der Waals surface area (Å²) < 4.78 is 24.2. The number of hydrogen-bond acceptors (Lipinski definition) is 3. The van der Waals surface area contributed by atoms with Gasteiger partial charge in [-0.2, -0.15) is 5.26 Å². The van der Waals surface area contributed by atoms with Crippen LogP contribution in [0.2, 0.25) is 0 Å². The van der Waals surface area contributed by atoms with Crippen molar-refractivity contribution in [2.24, 2.45) is 0 Å². The van der Waals surface area contributed by atoms with Gasteiger partial charge in [0.2, 0.25) is 0 Å². The van der Waals surface area contributed by atoms with Gasteiger partial charge < -0.3 is 5.73 Å². The molecule has 68 valence electrons. The van der Waals surface area contributed by atoms with E-state index in [1.165, 1.54) is 0 Å². The molecule has 0 amide bonds. The molecule has 0 radical (unpaired) electrons. The maximum atomic E-state index is 12.1. The first kappa shape index (κ1) is 9.39. The molecular weight excluding hydrogens is 176 g/mol. The lowest BCUT2D eigenvalue weighted by Crippen LogP contribution is -1.99. The Morgan fingerprint density at radius 3 is 2.77 bits per heavy atom. The number of nitrogens with zero attached hydrogens (tertiary/aromatic N) is 2. The lowest BCUT2D eigenvalue weighted by molar-refractivity contribution is 0.151. The largest absolute Gasteiger partial charge is 0.397 e. The van der Waals surface area contributed by atoms with Crippen LogP contribution in [0.3, 0.4) is 0 Å². The van der Waals surface area contributed by atoms with Crippen molar-refractivity contribution in [3.05, 3.63) is 23.5 Å². The maximum absolute atomic E-state index is 12.1. The normalized spacial score (nSPS) is 10.0. The van der Waals surface area contributed by atoms with Crippen molar-refractivity contribution < 1.29 is 8.78 Å². The highest BCUT2D eigenvalue weighted by Crippen LogP contribution is 2.21. The fraction of sp³-hybridized carbons (Fsp3) is 0.250. The molecule has 0 aliphatic carbocycles. The quantitative estimate of drug-likeness (QED) is 0.758. The number of nitriles is 1. The minimum Gasteiger partial charge on any atom is -0.397 e. The zero-order chi connectivity index (χ0) is 9.84. The molecule has 13 heavy (non-hydrogen) atoms. The Morgan fingerprint density at radius 2 is 2.31 bits per heavy atom. The summed E-state index contributed by atoms with van der Waals surface area (Å²) in [4.78, 5) is 3.66. The van der Waals surface area contributed by atoms with Crippen LogP contribution in [0.15, 0.2) is 12.3 Å². The molecule has 0 saturated heterocycles. The molecule has 0 fully saturated rings. The maximum Gasteiger partial charge on any atom is 0.265 e. The van der Waals surface area contributed by atoms with Crippen molar-refractivity contribution >= 4 is 5.69 Å². The van der Waals surface area contributed by atoms with Gasteiger partial charge in [-0.3, -0.25) is 4.98 Å². The van der Waals surface area contributed by atoms with E-state index in [1.54, 1.807) is 0 Å². The Morgan fingerprint density at radius 1 is 1.62 bits per heavy atom. The lowest BCUT2D eigenvalue weighted by Gasteiger charge is -2.03. The van der Waals surface area contributed by atoms with Crippen LogP contribution >= 0.6 is 0 Å². The Balaban J connectivity index is 3.00. The Bertz CT molecular complexity index is 344. The highest BCUT2D eigenvalue weighted by atomic mass is 19.3. The van der Waals surface area contributed by atoms with Gasteiger partial charge >= 0.3 is 0 Å². The summed E-state index contributed by atoms with van der Waals surface area (Å²) in [7, 11) is 0. The number of nitrogens with two attached hydrogens (primary N) is 1. The van der Waals surface area contributed by atoms with Gasteiger partial charge in [0.15, 0.2) is 0 Å². The van der Waals surface area contributed by atoms with Crippen LogP contribution in [0.25, 0.3) is 0 Å². The second-order valence-electron chi connectivity index (χ2n) is 2.44. The number of nitrogen functional groups attached to an aromatic ring is 1. The number of anilines is 1. The average Bonchev–Trinajstić information content (AvgIpc) is 2.08. The van der Waals surface area contributed by atoms with Crippen LogP contribution in [-0.4, -0.2) is 4.98 Å². The lowest BCUT2D eigenvalue weighted by atomic mass is 10.2. The monoisotopic (exact) mass is 183 g/mol. The zero-order valence-electron chi connectivity index (χ0n) is 6.67. The van der Waals surface area contributed by atoms with E-state index >= 15 is 0 Å². The summed E-state index contributed by atoms with van der Waals surface area (Å²) in [5, 5.41) is 8.33. The molecule has 0 unspecified atom stereocenters. The van der Waals surface area contributed by atoms with Gasteiger partial charge in [-0.1, -0.05) is 0 Å². The summed E-state index contributed by atoms with van der Waals surface area (Å²) in [5.74, 6) is 0. The topological polar surface area (TPSA) is 62.7 Å². The summed E-state index contributed by atoms with van der Waals surface area (Å²) in [5.41, 5.74) is 5.65. The molecule has 1 heterocycles. The second kappa shape index (κ2) is 3.81. The van der Waals surface area contributed by atoms with Gasteiger partial charge in [-0.15, -0.1) is 0 Å². The molecule has 1 aromatic rings. The van der Waals surface area contributed by atoms with Gasteiger partial charge in [-0.25, -0.2) is 8.78 Å². The van der Waals surface area contributed by atoms with E-state index in [4.69, 9.17) is 11.0 Å². The highest BCUT2D eigenvalue weighted by molar-refractivity contribution is 5.46. The first-order valence-corrected chi connectivity index (χ1v) is 3.54. The number of hydrogen-bond donors (Lipinski definition) is 1. The molecule has 1 aromatic heterocycles. The number of halogens is 2. The van der Waals surface area contributed by atoms with Crippen molar-refractivity contribution in [3.63, 3.8) is 0 Å². The van der Waals surface area contributed by atoms with Crippen molar-refractivity contribution in [1.82, 2.24) is 4.98 Å². The third-order valence-electron chi connectivity index (χ3n) is 1.52. The summed E-state index contributed by atoms with van der Waals surface area (Å²) in [6, 6.07) is 2.99. The zero-order valence-corrected chi connectivity index (χ0v) is 6.67. The molecule has 0 bridgehead atoms. The van der Waals surface area contributed by atoms with Crippen molar-refractivity contribution in [1.29, 1.82) is 5.26 Å².